The van der Waals surface area contributed by atoms with E-state index in [1.54, 1.807) is 0 Å². The monoisotopic (exact) mass is 254 g/mol. The van der Waals surface area contributed by atoms with E-state index in [9.17, 15) is 0 Å². The Balaban J connectivity index is 2.22. The van der Waals surface area contributed by atoms with Gasteiger partial charge in [0.25, 0.3) is 0 Å². The summed E-state index contributed by atoms with van der Waals surface area (Å²) >= 11 is 0. The summed E-state index contributed by atoms with van der Waals surface area (Å²) in [7, 11) is 0. The fraction of sp³-hybridized carbons (Fsp3) is 0.353. The first-order chi connectivity index (χ1) is 9.16. The lowest BCUT2D eigenvalue weighted by Crippen LogP contribution is -2.14. The number of hydrogen-bond acceptors (Lipinski definition) is 2. The predicted molar refractivity (Wildman–Crippen MR) is 81.2 cm³/mol. The first kappa shape index (κ1) is 13.6. The SMILES string of the molecule is Cc1ncccc1NC(CC(C)C)c1ccccc1. The number of hydrogen-bond donors (Lipinski definition) is 1. The second-order valence-corrected chi connectivity index (χ2v) is 5.37. The smallest absolute Gasteiger partial charge is 0.0603 e. The van der Waals surface area contributed by atoms with E-state index in [0.717, 1.165) is 17.8 Å². The highest BCUT2D eigenvalue weighted by atomic mass is 14.9. The van der Waals surface area contributed by atoms with Gasteiger partial charge in [-0.15, -0.1) is 0 Å². The molecule has 1 unspecified atom stereocenters. The van der Waals surface area contributed by atoms with Gasteiger partial charge in [0.15, 0.2) is 0 Å². The Morgan fingerprint density at radius 2 is 1.79 bits per heavy atom. The number of benzene rings is 1. The lowest BCUT2D eigenvalue weighted by Gasteiger charge is -2.23. The second kappa shape index (κ2) is 6.37. The van der Waals surface area contributed by atoms with Gasteiger partial charge >= 0.3 is 0 Å². The van der Waals surface area contributed by atoms with Gasteiger partial charge in [-0.1, -0.05) is 44.2 Å². The van der Waals surface area contributed by atoms with Crippen LogP contribution in [-0.4, -0.2) is 4.98 Å². The molecule has 0 saturated carbocycles. The van der Waals surface area contributed by atoms with Gasteiger partial charge in [0.1, 0.15) is 0 Å². The zero-order valence-corrected chi connectivity index (χ0v) is 11.9. The Bertz CT molecular complexity index is 506. The molecule has 0 aliphatic heterocycles. The molecule has 0 amide bonds. The van der Waals surface area contributed by atoms with Crippen molar-refractivity contribution in [3.8, 4) is 0 Å². The molecule has 0 radical (unpaired) electrons. The summed E-state index contributed by atoms with van der Waals surface area (Å²) in [6.45, 7) is 6.56. The molecule has 100 valence electrons. The van der Waals surface area contributed by atoms with E-state index in [0.29, 0.717) is 12.0 Å². The molecular formula is C17H22N2. The van der Waals surface area contributed by atoms with Gasteiger partial charge in [-0.05, 0) is 37.0 Å². The maximum Gasteiger partial charge on any atom is 0.0603 e. The maximum absolute atomic E-state index is 4.34. The van der Waals surface area contributed by atoms with Crippen molar-refractivity contribution in [1.29, 1.82) is 0 Å². The van der Waals surface area contributed by atoms with E-state index in [1.807, 2.05) is 19.2 Å². The maximum atomic E-state index is 4.34. The van der Waals surface area contributed by atoms with Crippen molar-refractivity contribution in [3.05, 3.63) is 59.9 Å². The number of rotatable bonds is 5. The van der Waals surface area contributed by atoms with Crippen molar-refractivity contribution >= 4 is 5.69 Å². The summed E-state index contributed by atoms with van der Waals surface area (Å²) in [5, 5.41) is 3.63. The molecule has 0 aliphatic carbocycles. The van der Waals surface area contributed by atoms with E-state index >= 15 is 0 Å². The van der Waals surface area contributed by atoms with Gasteiger partial charge in [0, 0.05) is 6.20 Å². The molecule has 0 spiro atoms. The standard InChI is InChI=1S/C17H22N2/c1-13(2)12-17(15-8-5-4-6-9-15)19-16-10-7-11-18-14(16)3/h4-11,13,17,19H,12H2,1-3H3. The molecule has 1 aromatic carbocycles. The molecule has 2 nitrogen and oxygen atoms in total. The zero-order valence-electron chi connectivity index (χ0n) is 11.9. The van der Waals surface area contributed by atoms with Crippen LogP contribution >= 0.6 is 0 Å². The minimum absolute atomic E-state index is 0.337. The lowest BCUT2D eigenvalue weighted by atomic mass is 9.96. The number of anilines is 1. The highest BCUT2D eigenvalue weighted by Gasteiger charge is 2.13. The van der Waals surface area contributed by atoms with E-state index in [2.05, 4.69) is 60.5 Å². The summed E-state index contributed by atoms with van der Waals surface area (Å²) in [4.78, 5) is 4.34. The van der Waals surface area contributed by atoms with E-state index in [1.165, 1.54) is 5.56 Å². The van der Waals surface area contributed by atoms with Crippen molar-refractivity contribution in [2.75, 3.05) is 5.32 Å². The fourth-order valence-corrected chi connectivity index (χ4v) is 2.26. The van der Waals surface area contributed by atoms with Crippen LogP contribution in [0.1, 0.15) is 37.6 Å². The summed E-state index contributed by atoms with van der Waals surface area (Å²) < 4.78 is 0. The van der Waals surface area contributed by atoms with Crippen LogP contribution in [0, 0.1) is 12.8 Å². The molecule has 2 rings (SSSR count). The van der Waals surface area contributed by atoms with Crippen LogP contribution in [0.2, 0.25) is 0 Å². The lowest BCUT2D eigenvalue weighted by molar-refractivity contribution is 0.530. The topological polar surface area (TPSA) is 24.9 Å². The van der Waals surface area contributed by atoms with Crippen LogP contribution in [0.4, 0.5) is 5.69 Å². The first-order valence-corrected chi connectivity index (χ1v) is 6.90. The minimum atomic E-state index is 0.337. The van der Waals surface area contributed by atoms with Crippen molar-refractivity contribution in [3.63, 3.8) is 0 Å². The summed E-state index contributed by atoms with van der Waals surface area (Å²) in [6, 6.07) is 15.0. The normalized spacial score (nSPS) is 12.4. The average molecular weight is 254 g/mol. The van der Waals surface area contributed by atoms with Crippen LogP contribution in [0.5, 0.6) is 0 Å². The van der Waals surface area contributed by atoms with Gasteiger partial charge in [-0.2, -0.15) is 0 Å². The van der Waals surface area contributed by atoms with E-state index in [-0.39, 0.29) is 0 Å². The van der Waals surface area contributed by atoms with Gasteiger partial charge in [0.05, 0.1) is 17.4 Å². The molecule has 0 fully saturated rings. The third-order valence-corrected chi connectivity index (χ3v) is 3.25. The molecule has 2 heteroatoms. The minimum Gasteiger partial charge on any atom is -0.377 e. The quantitative estimate of drug-likeness (QED) is 0.844. The Morgan fingerprint density at radius 3 is 2.42 bits per heavy atom. The van der Waals surface area contributed by atoms with Crippen molar-refractivity contribution in [2.24, 2.45) is 5.92 Å². The summed E-state index contributed by atoms with van der Waals surface area (Å²) in [5.74, 6) is 0.648. The van der Waals surface area contributed by atoms with Gasteiger partial charge in [0.2, 0.25) is 0 Å². The first-order valence-electron chi connectivity index (χ1n) is 6.90. The Kier molecular flexibility index (Phi) is 4.56. The van der Waals surface area contributed by atoms with Gasteiger partial charge in [-0.3, -0.25) is 4.98 Å². The summed E-state index contributed by atoms with van der Waals surface area (Å²) in [6.07, 6.45) is 2.94. The highest BCUT2D eigenvalue weighted by molar-refractivity contribution is 5.48. The Labute approximate surface area is 115 Å². The molecule has 0 bridgehead atoms. The second-order valence-electron chi connectivity index (χ2n) is 5.37. The van der Waals surface area contributed by atoms with Crippen LogP contribution < -0.4 is 5.32 Å². The van der Waals surface area contributed by atoms with E-state index in [4.69, 9.17) is 0 Å². The molecule has 1 aromatic heterocycles. The number of aromatic nitrogens is 1. The average Bonchev–Trinajstić information content (AvgIpc) is 2.41. The Morgan fingerprint density at radius 1 is 1.05 bits per heavy atom. The number of nitrogens with zero attached hydrogens (tertiary/aromatic N) is 1. The van der Waals surface area contributed by atoms with Crippen LogP contribution in [0.25, 0.3) is 0 Å². The molecule has 1 atom stereocenters. The van der Waals surface area contributed by atoms with Crippen LogP contribution in [0.3, 0.4) is 0 Å². The molecule has 1 N–H and O–H groups in total. The molecule has 19 heavy (non-hydrogen) atoms. The van der Waals surface area contributed by atoms with Gasteiger partial charge in [-0.25, -0.2) is 0 Å². The predicted octanol–water partition coefficient (Wildman–Crippen LogP) is 4.59. The molecule has 0 aliphatic rings. The summed E-state index contributed by atoms with van der Waals surface area (Å²) in [5.41, 5.74) is 3.50. The third kappa shape index (κ3) is 3.82. The van der Waals surface area contributed by atoms with E-state index < -0.39 is 0 Å². The van der Waals surface area contributed by atoms with Crippen molar-refractivity contribution in [2.45, 2.75) is 33.2 Å². The largest absolute Gasteiger partial charge is 0.377 e. The number of pyridine rings is 1. The Hall–Kier alpha value is -1.83. The molecule has 0 saturated heterocycles. The van der Waals surface area contributed by atoms with Crippen LogP contribution in [0.15, 0.2) is 48.7 Å². The number of aryl methyl sites for hydroxylation is 1. The molecule has 2 aromatic rings. The van der Waals surface area contributed by atoms with Crippen molar-refractivity contribution in [1.82, 2.24) is 4.98 Å². The van der Waals surface area contributed by atoms with Gasteiger partial charge < -0.3 is 5.32 Å². The highest BCUT2D eigenvalue weighted by Crippen LogP contribution is 2.26. The fourth-order valence-electron chi connectivity index (χ4n) is 2.26. The third-order valence-electron chi connectivity index (χ3n) is 3.25. The molecular weight excluding hydrogens is 232 g/mol. The zero-order chi connectivity index (χ0) is 13.7. The van der Waals surface area contributed by atoms with Crippen LogP contribution in [-0.2, 0) is 0 Å². The molecule has 1 heterocycles. The number of nitrogens with one attached hydrogen (secondary N) is 1. The van der Waals surface area contributed by atoms with Crippen molar-refractivity contribution < 1.29 is 0 Å².